The Kier molecular flexibility index (Phi) is 6.44. The lowest BCUT2D eigenvalue weighted by molar-refractivity contribution is 0.0315. The van der Waals surface area contributed by atoms with E-state index in [4.69, 9.17) is 4.74 Å². The Labute approximate surface area is 157 Å². The van der Waals surface area contributed by atoms with Crippen LogP contribution in [-0.2, 0) is 14.8 Å². The van der Waals surface area contributed by atoms with E-state index in [1.54, 1.807) is 18.2 Å². The van der Waals surface area contributed by atoms with Gasteiger partial charge in [0.15, 0.2) is 6.10 Å². The fraction of sp³-hybridized carbons (Fsp3) is 0.222. The van der Waals surface area contributed by atoms with Gasteiger partial charge in [0.25, 0.3) is 0 Å². The van der Waals surface area contributed by atoms with Crippen molar-refractivity contribution < 1.29 is 22.7 Å². The third-order valence-electron chi connectivity index (χ3n) is 3.45. The molecule has 0 heterocycles. The van der Waals surface area contributed by atoms with Gasteiger partial charge in [-0.25, -0.2) is 13.2 Å². The summed E-state index contributed by atoms with van der Waals surface area (Å²) in [6.07, 6.45) is 1.93. The lowest BCUT2D eigenvalue weighted by Gasteiger charge is -2.14. The monoisotopic (exact) mass is 393 g/mol. The third-order valence-corrected chi connectivity index (χ3v) is 4.85. The van der Waals surface area contributed by atoms with Crippen LogP contribution in [-0.4, -0.2) is 38.8 Å². The molecule has 26 heavy (non-hydrogen) atoms. The number of hydrogen-bond donors (Lipinski definition) is 1. The summed E-state index contributed by atoms with van der Waals surface area (Å²) >= 11 is 1.42. The highest BCUT2D eigenvalue weighted by Crippen LogP contribution is 2.21. The lowest BCUT2D eigenvalue weighted by atomic mass is 10.1. The molecule has 2 aromatic carbocycles. The Morgan fingerprint density at radius 2 is 1.69 bits per heavy atom. The van der Waals surface area contributed by atoms with E-state index in [0.29, 0.717) is 16.8 Å². The first kappa shape index (κ1) is 20.0. The summed E-state index contributed by atoms with van der Waals surface area (Å²) in [5.74, 6) is -0.933. The topological polar surface area (TPSA) is 89.5 Å². The molecule has 0 aliphatic rings. The molecule has 0 bridgehead atoms. The molecule has 138 valence electrons. The van der Waals surface area contributed by atoms with Crippen molar-refractivity contribution in [1.29, 1.82) is 0 Å². The molecule has 0 radical (unpaired) electrons. The zero-order valence-corrected chi connectivity index (χ0v) is 16.2. The summed E-state index contributed by atoms with van der Waals surface area (Å²) in [5.41, 5.74) is 1.08. The predicted octanol–water partition coefficient (Wildman–Crippen LogP) is 3.21. The van der Waals surface area contributed by atoms with Crippen molar-refractivity contribution in [2.24, 2.45) is 0 Å². The average molecular weight is 393 g/mol. The van der Waals surface area contributed by atoms with Crippen molar-refractivity contribution in [1.82, 2.24) is 0 Å². The van der Waals surface area contributed by atoms with Gasteiger partial charge in [0.1, 0.15) is 0 Å². The van der Waals surface area contributed by atoms with Crippen molar-refractivity contribution in [3.8, 4) is 0 Å². The van der Waals surface area contributed by atoms with Crippen LogP contribution in [0.2, 0.25) is 0 Å². The number of thioether (sulfide) groups is 1. The highest BCUT2D eigenvalue weighted by molar-refractivity contribution is 7.98. The highest BCUT2D eigenvalue weighted by atomic mass is 32.2. The zero-order valence-electron chi connectivity index (χ0n) is 14.6. The molecule has 0 spiro atoms. The minimum Gasteiger partial charge on any atom is -0.451 e. The van der Waals surface area contributed by atoms with Crippen molar-refractivity contribution in [3.05, 3.63) is 59.7 Å². The van der Waals surface area contributed by atoms with Crippen LogP contribution in [0, 0.1) is 0 Å². The first-order valence-corrected chi connectivity index (χ1v) is 10.8. The first-order chi connectivity index (χ1) is 12.2. The maximum absolute atomic E-state index is 12.4. The molecular formula is C18H19NO5S2. The second-order valence-electron chi connectivity index (χ2n) is 5.56. The van der Waals surface area contributed by atoms with Gasteiger partial charge in [0.2, 0.25) is 15.8 Å². The number of benzene rings is 2. The van der Waals surface area contributed by atoms with Gasteiger partial charge >= 0.3 is 5.97 Å². The van der Waals surface area contributed by atoms with E-state index in [0.717, 1.165) is 11.2 Å². The van der Waals surface area contributed by atoms with Crippen molar-refractivity contribution >= 4 is 39.2 Å². The number of carbonyl (C=O) groups excluding carboxylic acids is 2. The van der Waals surface area contributed by atoms with Crippen molar-refractivity contribution in [2.75, 3.05) is 17.2 Å². The molecule has 1 N–H and O–H groups in total. The number of sulfonamides is 1. The number of esters is 1. The molecule has 1 atom stereocenters. The van der Waals surface area contributed by atoms with E-state index in [9.17, 15) is 18.0 Å². The number of nitrogens with one attached hydrogen (secondary N) is 1. The minimum atomic E-state index is -3.39. The molecule has 0 unspecified atom stereocenters. The molecule has 0 aromatic heterocycles. The molecule has 0 saturated heterocycles. The molecule has 6 nitrogen and oxygen atoms in total. The summed E-state index contributed by atoms with van der Waals surface area (Å²) in [5, 5.41) is 0. The Bertz CT molecular complexity index is 907. The van der Waals surface area contributed by atoms with E-state index in [1.165, 1.54) is 43.0 Å². The number of rotatable bonds is 7. The Balaban J connectivity index is 2.08. The number of carbonyl (C=O) groups is 2. The maximum Gasteiger partial charge on any atom is 0.339 e. The normalized spacial score (nSPS) is 12.3. The summed E-state index contributed by atoms with van der Waals surface area (Å²) in [4.78, 5) is 25.5. The molecule has 2 aromatic rings. The minimum absolute atomic E-state index is 0.322. The Morgan fingerprint density at radius 3 is 2.27 bits per heavy atom. The van der Waals surface area contributed by atoms with E-state index in [-0.39, 0.29) is 5.78 Å². The molecule has 0 amide bonds. The number of anilines is 1. The van der Waals surface area contributed by atoms with Gasteiger partial charge < -0.3 is 4.74 Å². The summed E-state index contributed by atoms with van der Waals surface area (Å²) in [6, 6.07) is 12.9. The van der Waals surface area contributed by atoms with Crippen LogP contribution in [0.5, 0.6) is 0 Å². The summed E-state index contributed by atoms with van der Waals surface area (Å²) in [6.45, 7) is 1.50. The molecule has 0 aliphatic carbocycles. The quantitative estimate of drug-likeness (QED) is 0.441. The van der Waals surface area contributed by atoms with Crippen LogP contribution < -0.4 is 4.72 Å². The SMILES string of the molecule is CSc1ccccc1C(=O)O[C@H](C)C(=O)c1ccc(NS(C)(=O)=O)cc1. The molecule has 2 rings (SSSR count). The van der Waals surface area contributed by atoms with E-state index >= 15 is 0 Å². The first-order valence-electron chi connectivity index (χ1n) is 7.67. The maximum atomic E-state index is 12.4. The van der Waals surface area contributed by atoms with E-state index in [2.05, 4.69) is 4.72 Å². The molecule has 0 aliphatic heterocycles. The van der Waals surface area contributed by atoms with Gasteiger partial charge in [-0.05, 0) is 49.6 Å². The van der Waals surface area contributed by atoms with Crippen LogP contribution in [0.3, 0.4) is 0 Å². The standard InChI is InChI=1S/C18H19NO5S2/c1-12(24-18(21)15-6-4-5-7-16(15)25-2)17(20)13-8-10-14(11-9-13)19-26(3,22)23/h4-12,19H,1-3H3/t12-/m1/s1. The number of ether oxygens (including phenoxy) is 1. The fourth-order valence-electron chi connectivity index (χ4n) is 2.24. The van der Waals surface area contributed by atoms with E-state index in [1.807, 2.05) is 12.3 Å². The second-order valence-corrected chi connectivity index (χ2v) is 8.16. The van der Waals surface area contributed by atoms with Crippen LogP contribution in [0.1, 0.15) is 27.6 Å². The molecule has 8 heteroatoms. The second kappa shape index (κ2) is 8.37. The van der Waals surface area contributed by atoms with Crippen molar-refractivity contribution in [3.63, 3.8) is 0 Å². The molecule has 0 fully saturated rings. The van der Waals surface area contributed by atoms with Crippen LogP contribution in [0.4, 0.5) is 5.69 Å². The van der Waals surface area contributed by atoms with Crippen LogP contribution >= 0.6 is 11.8 Å². The van der Waals surface area contributed by atoms with Gasteiger partial charge in [-0.3, -0.25) is 9.52 Å². The lowest BCUT2D eigenvalue weighted by Crippen LogP contribution is -2.24. The summed E-state index contributed by atoms with van der Waals surface area (Å²) in [7, 11) is -3.39. The van der Waals surface area contributed by atoms with Gasteiger partial charge in [0, 0.05) is 16.1 Å². The fourth-order valence-corrected chi connectivity index (χ4v) is 3.39. The van der Waals surface area contributed by atoms with Gasteiger partial charge in [-0.1, -0.05) is 12.1 Å². The van der Waals surface area contributed by atoms with Crippen LogP contribution in [0.15, 0.2) is 53.4 Å². The smallest absolute Gasteiger partial charge is 0.339 e. The number of hydrogen-bond acceptors (Lipinski definition) is 6. The Hall–Kier alpha value is -2.32. The van der Waals surface area contributed by atoms with E-state index < -0.39 is 22.1 Å². The zero-order chi connectivity index (χ0) is 19.3. The molecular weight excluding hydrogens is 374 g/mol. The van der Waals surface area contributed by atoms with Gasteiger partial charge in [0.05, 0.1) is 11.8 Å². The number of ketones is 1. The average Bonchev–Trinajstić information content (AvgIpc) is 2.60. The predicted molar refractivity (Wildman–Crippen MR) is 102 cm³/mol. The van der Waals surface area contributed by atoms with Crippen LogP contribution in [0.25, 0.3) is 0 Å². The van der Waals surface area contributed by atoms with Crippen molar-refractivity contribution in [2.45, 2.75) is 17.9 Å². The molecule has 0 saturated carbocycles. The van der Waals surface area contributed by atoms with Gasteiger partial charge in [-0.2, -0.15) is 0 Å². The largest absolute Gasteiger partial charge is 0.451 e. The Morgan fingerprint density at radius 1 is 1.08 bits per heavy atom. The third kappa shape index (κ3) is 5.34. The van der Waals surface area contributed by atoms with Gasteiger partial charge in [-0.15, -0.1) is 11.8 Å². The number of Topliss-reactive ketones (excluding diaryl/α,β-unsaturated/α-hetero) is 1. The summed E-state index contributed by atoms with van der Waals surface area (Å²) < 4.78 is 30.0. The highest BCUT2D eigenvalue weighted by Gasteiger charge is 2.21.